The first-order chi connectivity index (χ1) is 11.5. The lowest BCUT2D eigenvalue weighted by molar-refractivity contribution is -0.384. The largest absolute Gasteiger partial charge is 0.369 e. The van der Waals surface area contributed by atoms with Crippen LogP contribution < -0.4 is 10.2 Å². The van der Waals surface area contributed by atoms with Gasteiger partial charge in [0.05, 0.1) is 4.92 Å². The molecule has 0 amide bonds. The van der Waals surface area contributed by atoms with Crippen LogP contribution >= 0.6 is 22.6 Å². The number of halogens is 1. The second-order valence-corrected chi connectivity index (χ2v) is 7.13. The Bertz CT molecular complexity index is 745. The number of benzene rings is 2. The average Bonchev–Trinajstić information content (AvgIpc) is 2.57. The van der Waals surface area contributed by atoms with Gasteiger partial charge in [0.15, 0.2) is 0 Å². The number of nitro benzene ring substituents is 1. The first kappa shape index (κ1) is 17.0. The van der Waals surface area contributed by atoms with E-state index in [4.69, 9.17) is 0 Å². The summed E-state index contributed by atoms with van der Waals surface area (Å²) in [6.07, 6.45) is 0. The predicted octanol–water partition coefficient (Wildman–Crippen LogP) is 3.69. The van der Waals surface area contributed by atoms with E-state index in [1.54, 1.807) is 12.1 Å². The third-order valence-electron chi connectivity index (χ3n) is 4.15. The van der Waals surface area contributed by atoms with Crippen molar-refractivity contribution in [1.82, 2.24) is 4.90 Å². The van der Waals surface area contributed by atoms with Gasteiger partial charge < -0.3 is 15.1 Å². The van der Waals surface area contributed by atoms with Crippen LogP contribution in [-0.2, 0) is 0 Å². The van der Waals surface area contributed by atoms with Crippen LogP contribution in [0.1, 0.15) is 0 Å². The molecule has 0 radical (unpaired) electrons. The van der Waals surface area contributed by atoms with Gasteiger partial charge in [-0.3, -0.25) is 10.1 Å². The Hall–Kier alpha value is -1.87. The molecule has 1 aliphatic heterocycles. The summed E-state index contributed by atoms with van der Waals surface area (Å²) in [5.41, 5.74) is 2.60. The number of piperazine rings is 1. The molecule has 1 aliphatic rings. The molecule has 1 heterocycles. The standard InChI is InChI=1S/C17H19IN4O2/c1-20-7-9-21(10-8-20)15-4-2-3-14(12-15)19-16-6-5-13(18)11-17(16)22(23)24/h2-6,11-12,19H,7-10H2,1H3. The van der Waals surface area contributed by atoms with Crippen LogP contribution in [0.5, 0.6) is 0 Å². The fourth-order valence-electron chi connectivity index (χ4n) is 2.76. The van der Waals surface area contributed by atoms with Gasteiger partial charge >= 0.3 is 0 Å². The normalized spacial score (nSPS) is 15.3. The van der Waals surface area contributed by atoms with Crippen molar-refractivity contribution in [2.24, 2.45) is 0 Å². The van der Waals surface area contributed by atoms with E-state index in [2.05, 4.69) is 50.8 Å². The lowest BCUT2D eigenvalue weighted by Crippen LogP contribution is -2.44. The van der Waals surface area contributed by atoms with Crippen molar-refractivity contribution in [3.05, 3.63) is 56.1 Å². The number of nitro groups is 1. The van der Waals surface area contributed by atoms with Gasteiger partial charge in [-0.05, 0) is 60.0 Å². The number of nitrogens with one attached hydrogen (secondary N) is 1. The number of likely N-dealkylation sites (N-methyl/N-ethyl adjacent to an activating group) is 1. The summed E-state index contributed by atoms with van der Waals surface area (Å²) in [6.45, 7) is 4.06. The molecule has 0 aliphatic carbocycles. The van der Waals surface area contributed by atoms with Crippen LogP contribution in [0.15, 0.2) is 42.5 Å². The van der Waals surface area contributed by atoms with E-state index in [9.17, 15) is 10.1 Å². The number of anilines is 3. The summed E-state index contributed by atoms with van der Waals surface area (Å²) in [5.74, 6) is 0. The van der Waals surface area contributed by atoms with Gasteiger partial charge in [-0.25, -0.2) is 0 Å². The van der Waals surface area contributed by atoms with Gasteiger partial charge in [0.1, 0.15) is 5.69 Å². The minimum absolute atomic E-state index is 0.0897. The van der Waals surface area contributed by atoms with Crippen LogP contribution in [0.2, 0.25) is 0 Å². The summed E-state index contributed by atoms with van der Waals surface area (Å²) in [7, 11) is 2.13. The number of rotatable bonds is 4. The summed E-state index contributed by atoms with van der Waals surface area (Å²) in [4.78, 5) is 15.6. The van der Waals surface area contributed by atoms with Crippen molar-refractivity contribution in [1.29, 1.82) is 0 Å². The molecular formula is C17H19IN4O2. The lowest BCUT2D eigenvalue weighted by Gasteiger charge is -2.34. The molecule has 0 unspecified atom stereocenters. The summed E-state index contributed by atoms with van der Waals surface area (Å²) in [6, 6.07) is 13.2. The molecule has 1 fully saturated rings. The average molecular weight is 438 g/mol. The molecule has 2 aromatic carbocycles. The fourth-order valence-corrected chi connectivity index (χ4v) is 3.24. The molecule has 3 rings (SSSR count). The maximum absolute atomic E-state index is 11.3. The molecule has 0 atom stereocenters. The molecule has 24 heavy (non-hydrogen) atoms. The van der Waals surface area contributed by atoms with E-state index in [1.807, 2.05) is 24.3 Å². The van der Waals surface area contributed by atoms with E-state index < -0.39 is 0 Å². The quantitative estimate of drug-likeness (QED) is 0.448. The third kappa shape index (κ3) is 3.96. The van der Waals surface area contributed by atoms with E-state index in [0.717, 1.165) is 41.1 Å². The number of hydrogen-bond acceptors (Lipinski definition) is 5. The molecule has 7 heteroatoms. The molecule has 1 saturated heterocycles. The highest BCUT2D eigenvalue weighted by atomic mass is 127. The van der Waals surface area contributed by atoms with Crippen molar-refractivity contribution < 1.29 is 4.92 Å². The molecular weight excluding hydrogens is 419 g/mol. The first-order valence-corrected chi connectivity index (χ1v) is 8.85. The number of nitrogens with zero attached hydrogens (tertiary/aromatic N) is 3. The Kier molecular flexibility index (Phi) is 5.20. The smallest absolute Gasteiger partial charge is 0.293 e. The van der Waals surface area contributed by atoms with Crippen molar-refractivity contribution in [2.75, 3.05) is 43.4 Å². The van der Waals surface area contributed by atoms with Gasteiger partial charge in [-0.2, -0.15) is 0 Å². The zero-order valence-corrected chi connectivity index (χ0v) is 15.6. The molecule has 0 bridgehead atoms. The maximum Gasteiger partial charge on any atom is 0.293 e. The van der Waals surface area contributed by atoms with Crippen LogP contribution in [0, 0.1) is 13.7 Å². The predicted molar refractivity (Wildman–Crippen MR) is 105 cm³/mol. The van der Waals surface area contributed by atoms with Gasteiger partial charge in [0, 0.05) is 47.2 Å². The van der Waals surface area contributed by atoms with Crippen LogP contribution in [0.3, 0.4) is 0 Å². The maximum atomic E-state index is 11.3. The topological polar surface area (TPSA) is 61.6 Å². The number of hydrogen-bond donors (Lipinski definition) is 1. The van der Waals surface area contributed by atoms with Crippen molar-refractivity contribution in [3.8, 4) is 0 Å². The Labute approximate surface area is 154 Å². The van der Waals surface area contributed by atoms with Crippen molar-refractivity contribution in [3.63, 3.8) is 0 Å². The van der Waals surface area contributed by atoms with E-state index >= 15 is 0 Å². The Balaban J connectivity index is 1.81. The van der Waals surface area contributed by atoms with E-state index in [-0.39, 0.29) is 10.6 Å². The lowest BCUT2D eigenvalue weighted by atomic mass is 10.2. The zero-order valence-electron chi connectivity index (χ0n) is 13.4. The molecule has 0 saturated carbocycles. The summed E-state index contributed by atoms with van der Waals surface area (Å²) < 4.78 is 0.844. The fraction of sp³-hybridized carbons (Fsp3) is 0.294. The summed E-state index contributed by atoms with van der Waals surface area (Å²) in [5, 5.41) is 14.4. The Morgan fingerprint density at radius 2 is 1.88 bits per heavy atom. The minimum atomic E-state index is -0.352. The van der Waals surface area contributed by atoms with E-state index in [0.29, 0.717) is 5.69 Å². The molecule has 0 spiro atoms. The van der Waals surface area contributed by atoms with Crippen LogP contribution in [0.4, 0.5) is 22.7 Å². The van der Waals surface area contributed by atoms with Crippen LogP contribution in [0.25, 0.3) is 0 Å². The Morgan fingerprint density at radius 1 is 1.12 bits per heavy atom. The van der Waals surface area contributed by atoms with Gasteiger partial charge in [0.25, 0.3) is 5.69 Å². The second kappa shape index (κ2) is 7.35. The van der Waals surface area contributed by atoms with Gasteiger partial charge in [-0.1, -0.05) is 6.07 Å². The van der Waals surface area contributed by atoms with Gasteiger partial charge in [-0.15, -0.1) is 0 Å². The zero-order chi connectivity index (χ0) is 17.1. The molecule has 126 valence electrons. The molecule has 0 aromatic heterocycles. The van der Waals surface area contributed by atoms with Gasteiger partial charge in [0.2, 0.25) is 0 Å². The third-order valence-corrected chi connectivity index (χ3v) is 4.82. The van der Waals surface area contributed by atoms with Crippen molar-refractivity contribution >= 4 is 45.3 Å². The van der Waals surface area contributed by atoms with Crippen molar-refractivity contribution in [2.45, 2.75) is 0 Å². The van der Waals surface area contributed by atoms with Crippen LogP contribution in [-0.4, -0.2) is 43.0 Å². The first-order valence-electron chi connectivity index (χ1n) is 7.77. The summed E-state index contributed by atoms with van der Waals surface area (Å²) >= 11 is 2.08. The monoisotopic (exact) mass is 438 g/mol. The highest BCUT2D eigenvalue weighted by Crippen LogP contribution is 2.30. The molecule has 2 aromatic rings. The second-order valence-electron chi connectivity index (χ2n) is 5.88. The van der Waals surface area contributed by atoms with E-state index in [1.165, 1.54) is 0 Å². The highest BCUT2D eigenvalue weighted by molar-refractivity contribution is 14.1. The molecule has 6 nitrogen and oxygen atoms in total. The SMILES string of the molecule is CN1CCN(c2cccc(Nc3ccc(I)cc3[N+](=O)[O-])c2)CC1. The highest BCUT2D eigenvalue weighted by Gasteiger charge is 2.16. The molecule has 1 N–H and O–H groups in total. The minimum Gasteiger partial charge on any atom is -0.369 e. The Morgan fingerprint density at radius 3 is 2.58 bits per heavy atom.